The topological polar surface area (TPSA) is 79.0 Å². The molecule has 160 valence electrons. The number of anilines is 1. The van der Waals surface area contributed by atoms with Crippen LogP contribution in [0.15, 0.2) is 48.5 Å². The van der Waals surface area contributed by atoms with Crippen LogP contribution < -0.4 is 5.32 Å². The van der Waals surface area contributed by atoms with Gasteiger partial charge in [-0.15, -0.1) is 0 Å². The molecule has 2 fully saturated rings. The quantitative estimate of drug-likeness (QED) is 0.775. The molecule has 1 N–H and O–H groups in total. The first-order chi connectivity index (χ1) is 14.3. The van der Waals surface area contributed by atoms with E-state index in [1.54, 1.807) is 36.4 Å². The van der Waals surface area contributed by atoms with Gasteiger partial charge in [0.2, 0.25) is 10.0 Å². The largest absolute Gasteiger partial charge is 0.374 e. The average molecular weight is 454 g/mol. The molecule has 2 aromatic carbocycles. The Kier molecular flexibility index (Phi) is 5.97. The third-order valence-corrected chi connectivity index (χ3v) is 7.26. The molecule has 2 atom stereocenters. The molecule has 2 aliphatic rings. The van der Waals surface area contributed by atoms with E-state index in [1.807, 2.05) is 0 Å². The number of benzene rings is 2. The highest BCUT2D eigenvalue weighted by molar-refractivity contribution is 7.89. The zero-order valence-corrected chi connectivity index (χ0v) is 17.6. The first-order valence-electron chi connectivity index (χ1n) is 9.49. The lowest BCUT2D eigenvalue weighted by Gasteiger charge is -2.28. The normalized spacial score (nSPS) is 23.6. The Hall–Kier alpha value is -2.20. The fourth-order valence-electron chi connectivity index (χ4n) is 3.79. The maximum atomic E-state index is 13.6. The van der Waals surface area contributed by atoms with E-state index < -0.39 is 28.0 Å². The van der Waals surface area contributed by atoms with Crippen LogP contribution in [0.25, 0.3) is 0 Å². The van der Waals surface area contributed by atoms with Gasteiger partial charge >= 0.3 is 6.03 Å². The van der Waals surface area contributed by atoms with Gasteiger partial charge in [-0.05, 0) is 35.9 Å². The molecular formula is C20H21ClFN3O4S. The maximum absolute atomic E-state index is 13.6. The van der Waals surface area contributed by atoms with E-state index in [4.69, 9.17) is 16.3 Å². The number of rotatable bonds is 3. The molecule has 0 spiro atoms. The molecule has 30 heavy (non-hydrogen) atoms. The molecule has 2 amide bonds. The van der Waals surface area contributed by atoms with E-state index in [1.165, 1.54) is 21.3 Å². The van der Waals surface area contributed by atoms with Crippen molar-refractivity contribution in [2.75, 3.05) is 30.8 Å². The summed E-state index contributed by atoms with van der Waals surface area (Å²) in [7, 11) is -3.63. The average Bonchev–Trinajstić information content (AvgIpc) is 3.05. The summed E-state index contributed by atoms with van der Waals surface area (Å²) >= 11 is 5.96. The number of sulfonamides is 1. The Morgan fingerprint density at radius 1 is 1.20 bits per heavy atom. The SMILES string of the molecule is O=C(Nc1cccc(Cl)c1)N1C[C@@H]2OCCS(=O)(=O)N(Cc3cccc(F)c3)[C@@H]2C1. The smallest absolute Gasteiger partial charge is 0.321 e. The molecular weight excluding hydrogens is 433 g/mol. The van der Waals surface area contributed by atoms with Crippen molar-refractivity contribution >= 4 is 33.3 Å². The molecule has 2 aliphatic heterocycles. The first-order valence-corrected chi connectivity index (χ1v) is 11.5. The van der Waals surface area contributed by atoms with Crippen molar-refractivity contribution in [2.45, 2.75) is 18.7 Å². The number of likely N-dealkylation sites (tertiary alicyclic amines) is 1. The van der Waals surface area contributed by atoms with Crippen molar-refractivity contribution in [2.24, 2.45) is 0 Å². The Labute approximate surface area is 179 Å². The summed E-state index contributed by atoms with van der Waals surface area (Å²) in [4.78, 5) is 14.2. The van der Waals surface area contributed by atoms with Gasteiger partial charge in [0.15, 0.2) is 0 Å². The molecule has 2 heterocycles. The van der Waals surface area contributed by atoms with E-state index in [0.29, 0.717) is 16.3 Å². The molecule has 0 aliphatic carbocycles. The number of nitrogens with one attached hydrogen (secondary N) is 1. The Balaban J connectivity index is 1.53. The number of amides is 2. The third-order valence-electron chi connectivity index (χ3n) is 5.23. The summed E-state index contributed by atoms with van der Waals surface area (Å²) < 4.78 is 46.4. The Morgan fingerprint density at radius 2 is 2.00 bits per heavy atom. The monoisotopic (exact) mass is 453 g/mol. The van der Waals surface area contributed by atoms with Crippen LogP contribution in [-0.4, -0.2) is 61.2 Å². The summed E-state index contributed by atoms with van der Waals surface area (Å²) in [5.74, 6) is -0.578. The van der Waals surface area contributed by atoms with E-state index in [9.17, 15) is 17.6 Å². The molecule has 4 rings (SSSR count). The predicted molar refractivity (Wildman–Crippen MR) is 111 cm³/mol. The molecule has 0 radical (unpaired) electrons. The van der Waals surface area contributed by atoms with Gasteiger partial charge in [0.1, 0.15) is 5.82 Å². The van der Waals surface area contributed by atoms with Gasteiger partial charge in [-0.25, -0.2) is 17.6 Å². The number of hydrogen-bond donors (Lipinski definition) is 1. The molecule has 0 bridgehead atoms. The molecule has 7 nitrogen and oxygen atoms in total. The number of carbonyl (C=O) groups excluding carboxylic acids is 1. The van der Waals surface area contributed by atoms with Gasteiger partial charge in [-0.3, -0.25) is 0 Å². The number of urea groups is 1. The van der Waals surface area contributed by atoms with Crippen molar-refractivity contribution < 1.29 is 22.3 Å². The highest BCUT2D eigenvalue weighted by Gasteiger charge is 2.45. The van der Waals surface area contributed by atoms with Crippen LogP contribution in [0.1, 0.15) is 5.56 Å². The number of hydrogen-bond acceptors (Lipinski definition) is 4. The summed E-state index contributed by atoms with van der Waals surface area (Å²) in [5, 5.41) is 3.27. The minimum absolute atomic E-state index is 0.0222. The fraction of sp³-hybridized carbons (Fsp3) is 0.350. The Bertz CT molecular complexity index is 1050. The van der Waals surface area contributed by atoms with Gasteiger partial charge in [-0.2, -0.15) is 4.31 Å². The van der Waals surface area contributed by atoms with E-state index in [2.05, 4.69) is 5.32 Å². The number of fused-ring (bicyclic) bond motifs is 1. The van der Waals surface area contributed by atoms with Crippen LogP contribution in [0.4, 0.5) is 14.9 Å². The maximum Gasteiger partial charge on any atom is 0.321 e. The zero-order valence-electron chi connectivity index (χ0n) is 16.0. The number of nitrogens with zero attached hydrogens (tertiary/aromatic N) is 2. The van der Waals surface area contributed by atoms with Crippen LogP contribution in [0.3, 0.4) is 0 Å². The Morgan fingerprint density at radius 3 is 2.77 bits per heavy atom. The van der Waals surface area contributed by atoms with Crippen LogP contribution in [-0.2, 0) is 21.3 Å². The van der Waals surface area contributed by atoms with E-state index >= 15 is 0 Å². The number of ether oxygens (including phenoxy) is 1. The van der Waals surface area contributed by atoms with E-state index in [-0.39, 0.29) is 38.0 Å². The van der Waals surface area contributed by atoms with Crippen LogP contribution in [0, 0.1) is 5.82 Å². The summed E-state index contributed by atoms with van der Waals surface area (Å²) in [6, 6.07) is 11.7. The predicted octanol–water partition coefficient (Wildman–Crippen LogP) is 2.93. The molecule has 0 saturated carbocycles. The second-order valence-corrected chi connectivity index (χ2v) is 9.79. The zero-order chi connectivity index (χ0) is 21.3. The lowest BCUT2D eigenvalue weighted by Crippen LogP contribution is -2.45. The lowest BCUT2D eigenvalue weighted by molar-refractivity contribution is 0.0472. The minimum atomic E-state index is -3.63. The third kappa shape index (κ3) is 4.59. The highest BCUT2D eigenvalue weighted by Crippen LogP contribution is 2.28. The standard InChI is InChI=1S/C20H21ClFN3O4S/c21-15-4-2-6-17(10-15)23-20(26)24-12-18-19(13-24)29-7-8-30(27,28)25(18)11-14-3-1-5-16(22)9-14/h1-6,9-10,18-19H,7-8,11-13H2,(H,23,26)/t18-,19+/m1/s1. The second-order valence-electron chi connectivity index (χ2n) is 7.31. The van der Waals surface area contributed by atoms with Crippen molar-refractivity contribution in [3.63, 3.8) is 0 Å². The van der Waals surface area contributed by atoms with Crippen molar-refractivity contribution in [3.05, 3.63) is 64.9 Å². The molecule has 2 aromatic rings. The van der Waals surface area contributed by atoms with Crippen LogP contribution >= 0.6 is 11.6 Å². The molecule has 10 heteroatoms. The van der Waals surface area contributed by atoms with Gasteiger partial charge in [0, 0.05) is 23.8 Å². The molecule has 2 saturated heterocycles. The minimum Gasteiger partial charge on any atom is -0.374 e. The fourth-order valence-corrected chi connectivity index (χ4v) is 5.48. The van der Waals surface area contributed by atoms with Gasteiger partial charge in [0.05, 0.1) is 31.1 Å². The summed E-state index contributed by atoms with van der Waals surface area (Å²) in [6.07, 6.45) is -0.457. The van der Waals surface area contributed by atoms with Crippen molar-refractivity contribution in [1.29, 1.82) is 0 Å². The van der Waals surface area contributed by atoms with E-state index in [0.717, 1.165) is 0 Å². The van der Waals surface area contributed by atoms with Crippen molar-refractivity contribution in [3.8, 4) is 0 Å². The number of carbonyl (C=O) groups is 1. The van der Waals surface area contributed by atoms with Gasteiger partial charge < -0.3 is 15.0 Å². The van der Waals surface area contributed by atoms with Crippen LogP contribution in [0.2, 0.25) is 5.02 Å². The summed E-state index contributed by atoms with van der Waals surface area (Å²) in [6.45, 7) is 0.499. The first kappa shape index (κ1) is 21.0. The highest BCUT2D eigenvalue weighted by atomic mass is 35.5. The molecule has 0 aromatic heterocycles. The van der Waals surface area contributed by atoms with Crippen molar-refractivity contribution in [1.82, 2.24) is 9.21 Å². The van der Waals surface area contributed by atoms with Gasteiger partial charge in [-0.1, -0.05) is 29.8 Å². The summed E-state index contributed by atoms with van der Waals surface area (Å²) in [5.41, 5.74) is 1.09. The van der Waals surface area contributed by atoms with Gasteiger partial charge in [0.25, 0.3) is 0 Å². The second kappa shape index (κ2) is 8.50. The lowest BCUT2D eigenvalue weighted by atomic mass is 10.1. The number of halogens is 2. The molecule has 0 unspecified atom stereocenters. The van der Waals surface area contributed by atoms with Crippen LogP contribution in [0.5, 0.6) is 0 Å².